The van der Waals surface area contributed by atoms with Crippen LogP contribution in [-0.2, 0) is 16.2 Å². The number of alkyl halides is 3. The van der Waals surface area contributed by atoms with E-state index in [9.17, 15) is 26.4 Å². The zero-order chi connectivity index (χ0) is 22.3. The highest BCUT2D eigenvalue weighted by Gasteiger charge is 2.31. The summed E-state index contributed by atoms with van der Waals surface area (Å²) in [6.45, 7) is 3.30. The minimum absolute atomic E-state index is 0.0127. The normalized spacial score (nSPS) is 12.1. The predicted octanol–water partition coefficient (Wildman–Crippen LogP) is 4.28. The highest BCUT2D eigenvalue weighted by molar-refractivity contribution is 7.90. The molecule has 0 saturated heterocycles. The Labute approximate surface area is 175 Å². The lowest BCUT2D eigenvalue weighted by atomic mass is 10.2. The van der Waals surface area contributed by atoms with Gasteiger partial charge in [0.15, 0.2) is 0 Å². The Balaban J connectivity index is 1.89. The number of benzene rings is 2. The molecule has 0 aliphatic rings. The van der Waals surface area contributed by atoms with Gasteiger partial charge in [-0.15, -0.1) is 0 Å². The number of halogens is 4. The van der Waals surface area contributed by atoms with Gasteiger partial charge in [0.2, 0.25) is 0 Å². The van der Waals surface area contributed by atoms with Crippen LogP contribution in [0.5, 0.6) is 0 Å². The monoisotopic (exact) mass is 457 g/mol. The zero-order valence-electron chi connectivity index (χ0n) is 15.7. The van der Waals surface area contributed by atoms with Gasteiger partial charge in [-0.1, -0.05) is 23.7 Å². The second-order valence-corrected chi connectivity index (χ2v) is 8.65. The number of carbonyl (C=O) groups excluding carboxylic acids is 1. The first-order chi connectivity index (χ1) is 13.9. The van der Waals surface area contributed by atoms with Crippen LogP contribution in [0.25, 0.3) is 5.69 Å². The van der Waals surface area contributed by atoms with E-state index in [2.05, 4.69) is 4.98 Å². The molecule has 0 spiro atoms. The standard InChI is InChI=1S/C19H15ClF3N3O3S/c1-11-3-4-12(2)17(5-11)30(28,29)25-18(27)16-9-26(10-24-16)15-7-13(19(21,22)23)6-14(20)8-15/h3-10H,1-2H3,(H,25,27). The van der Waals surface area contributed by atoms with Gasteiger partial charge in [0, 0.05) is 16.9 Å². The maximum atomic E-state index is 13.0. The van der Waals surface area contributed by atoms with Crippen LogP contribution in [0.1, 0.15) is 27.2 Å². The zero-order valence-corrected chi connectivity index (χ0v) is 17.2. The number of carbonyl (C=O) groups is 1. The van der Waals surface area contributed by atoms with Crippen LogP contribution in [0.15, 0.2) is 53.8 Å². The van der Waals surface area contributed by atoms with Gasteiger partial charge in [-0.05, 0) is 49.2 Å². The molecule has 158 valence electrons. The van der Waals surface area contributed by atoms with Crippen molar-refractivity contribution in [3.63, 3.8) is 0 Å². The Morgan fingerprint density at radius 2 is 1.83 bits per heavy atom. The third-order valence-electron chi connectivity index (χ3n) is 4.18. The van der Waals surface area contributed by atoms with Crippen molar-refractivity contribution in [1.29, 1.82) is 0 Å². The molecule has 1 heterocycles. The van der Waals surface area contributed by atoms with Crippen molar-refractivity contribution in [2.75, 3.05) is 0 Å². The van der Waals surface area contributed by atoms with Crippen molar-refractivity contribution in [2.24, 2.45) is 0 Å². The first kappa shape index (κ1) is 21.8. The number of imidazole rings is 1. The lowest BCUT2D eigenvalue weighted by Crippen LogP contribution is -2.31. The summed E-state index contributed by atoms with van der Waals surface area (Å²) in [4.78, 5) is 16.1. The molecule has 0 unspecified atom stereocenters. The molecule has 2 aromatic carbocycles. The molecule has 6 nitrogen and oxygen atoms in total. The Morgan fingerprint density at radius 3 is 2.50 bits per heavy atom. The maximum Gasteiger partial charge on any atom is 0.416 e. The Hall–Kier alpha value is -2.85. The summed E-state index contributed by atoms with van der Waals surface area (Å²) in [7, 11) is -4.17. The van der Waals surface area contributed by atoms with E-state index in [1.54, 1.807) is 26.0 Å². The average molecular weight is 458 g/mol. The number of hydrogen-bond acceptors (Lipinski definition) is 4. The van der Waals surface area contributed by atoms with E-state index < -0.39 is 27.7 Å². The van der Waals surface area contributed by atoms with E-state index >= 15 is 0 Å². The molecule has 30 heavy (non-hydrogen) atoms. The maximum absolute atomic E-state index is 13.0. The molecule has 1 N–H and O–H groups in total. The van der Waals surface area contributed by atoms with Gasteiger partial charge < -0.3 is 4.57 Å². The number of nitrogens with one attached hydrogen (secondary N) is 1. The number of hydrogen-bond donors (Lipinski definition) is 1. The summed E-state index contributed by atoms with van der Waals surface area (Å²) < 4.78 is 67.1. The van der Waals surface area contributed by atoms with Crippen LogP contribution < -0.4 is 4.72 Å². The van der Waals surface area contributed by atoms with Gasteiger partial charge in [0.05, 0.1) is 10.5 Å². The molecule has 0 aliphatic heterocycles. The third-order valence-corrected chi connectivity index (χ3v) is 5.87. The Morgan fingerprint density at radius 1 is 1.13 bits per heavy atom. The highest BCUT2D eigenvalue weighted by Crippen LogP contribution is 2.32. The molecule has 0 saturated carbocycles. The number of rotatable bonds is 4. The first-order valence-corrected chi connectivity index (χ1v) is 10.3. The fraction of sp³-hybridized carbons (Fsp3) is 0.158. The van der Waals surface area contributed by atoms with E-state index in [1.807, 2.05) is 4.72 Å². The molecule has 0 bridgehead atoms. The molecule has 3 rings (SSSR count). The highest BCUT2D eigenvalue weighted by atomic mass is 35.5. The summed E-state index contributed by atoms with van der Waals surface area (Å²) in [6, 6.07) is 7.63. The van der Waals surface area contributed by atoms with Crippen molar-refractivity contribution in [1.82, 2.24) is 14.3 Å². The summed E-state index contributed by atoms with van der Waals surface area (Å²) in [5.41, 5.74) is -0.109. The largest absolute Gasteiger partial charge is 0.416 e. The Kier molecular flexibility index (Phi) is 5.66. The van der Waals surface area contributed by atoms with E-state index in [0.29, 0.717) is 11.1 Å². The van der Waals surface area contributed by atoms with Gasteiger partial charge in [0.25, 0.3) is 15.9 Å². The van der Waals surface area contributed by atoms with Crippen LogP contribution >= 0.6 is 11.6 Å². The van der Waals surface area contributed by atoms with E-state index in [1.165, 1.54) is 12.1 Å². The van der Waals surface area contributed by atoms with E-state index in [4.69, 9.17) is 11.6 Å². The lowest BCUT2D eigenvalue weighted by Gasteiger charge is -2.10. The quantitative estimate of drug-likeness (QED) is 0.634. The predicted molar refractivity (Wildman–Crippen MR) is 104 cm³/mol. The van der Waals surface area contributed by atoms with Crippen molar-refractivity contribution in [2.45, 2.75) is 24.9 Å². The van der Waals surface area contributed by atoms with Gasteiger partial charge in [-0.3, -0.25) is 4.79 Å². The third kappa shape index (κ3) is 4.65. The minimum atomic E-state index is -4.61. The van der Waals surface area contributed by atoms with Crippen LogP contribution in [0.4, 0.5) is 13.2 Å². The second-order valence-electron chi connectivity index (χ2n) is 6.57. The van der Waals surface area contributed by atoms with Crippen LogP contribution in [0.2, 0.25) is 5.02 Å². The molecule has 0 fully saturated rings. The summed E-state index contributed by atoms with van der Waals surface area (Å²) >= 11 is 5.77. The van der Waals surface area contributed by atoms with Crippen LogP contribution in [0.3, 0.4) is 0 Å². The summed E-state index contributed by atoms with van der Waals surface area (Å²) in [6.07, 6.45) is -2.41. The second kappa shape index (κ2) is 7.77. The van der Waals surface area contributed by atoms with Crippen LogP contribution in [0, 0.1) is 13.8 Å². The average Bonchev–Trinajstić information content (AvgIpc) is 3.12. The summed E-state index contributed by atoms with van der Waals surface area (Å²) in [5.74, 6) is -1.02. The number of amides is 1. The number of aryl methyl sites for hydroxylation is 2. The molecule has 0 radical (unpaired) electrons. The van der Waals surface area contributed by atoms with Gasteiger partial charge in [-0.25, -0.2) is 18.1 Å². The molecule has 0 aliphatic carbocycles. The smallest absolute Gasteiger partial charge is 0.305 e. The van der Waals surface area contributed by atoms with Crippen molar-refractivity contribution in [3.05, 3.63) is 76.3 Å². The van der Waals surface area contributed by atoms with Crippen molar-refractivity contribution >= 4 is 27.5 Å². The molecular formula is C19H15ClF3N3O3S. The first-order valence-electron chi connectivity index (χ1n) is 8.43. The van der Waals surface area contributed by atoms with Crippen molar-refractivity contribution < 1.29 is 26.4 Å². The lowest BCUT2D eigenvalue weighted by molar-refractivity contribution is -0.137. The van der Waals surface area contributed by atoms with Gasteiger partial charge in [-0.2, -0.15) is 13.2 Å². The molecule has 1 aromatic heterocycles. The fourth-order valence-electron chi connectivity index (χ4n) is 2.69. The fourth-order valence-corrected chi connectivity index (χ4v) is 4.22. The Bertz CT molecular complexity index is 1240. The van der Waals surface area contributed by atoms with Gasteiger partial charge >= 0.3 is 6.18 Å². The molecule has 0 atom stereocenters. The van der Waals surface area contributed by atoms with Gasteiger partial charge in [0.1, 0.15) is 12.0 Å². The minimum Gasteiger partial charge on any atom is -0.305 e. The molecular weight excluding hydrogens is 443 g/mol. The molecule has 11 heteroatoms. The SMILES string of the molecule is Cc1ccc(C)c(S(=O)(=O)NC(=O)c2cn(-c3cc(Cl)cc(C(F)(F)F)c3)cn2)c1. The van der Waals surface area contributed by atoms with Crippen molar-refractivity contribution in [3.8, 4) is 5.69 Å². The molecule has 3 aromatic rings. The summed E-state index contributed by atoms with van der Waals surface area (Å²) in [5, 5.41) is -0.156. The number of aromatic nitrogens is 2. The van der Waals surface area contributed by atoms with E-state index in [0.717, 1.165) is 29.2 Å². The number of nitrogens with zero attached hydrogens (tertiary/aromatic N) is 2. The van der Waals surface area contributed by atoms with E-state index in [-0.39, 0.29) is 21.3 Å². The molecule has 1 amide bonds. The topological polar surface area (TPSA) is 81.1 Å². The van der Waals surface area contributed by atoms with Crippen LogP contribution in [-0.4, -0.2) is 23.9 Å². The number of sulfonamides is 1.